The van der Waals surface area contributed by atoms with Crippen LogP contribution in [0.15, 0.2) is 23.0 Å². The second-order valence-corrected chi connectivity index (χ2v) is 4.33. The Hall–Kier alpha value is -1.95. The van der Waals surface area contributed by atoms with Crippen molar-refractivity contribution in [3.63, 3.8) is 0 Å². The molecule has 2 heterocycles. The van der Waals surface area contributed by atoms with Gasteiger partial charge in [-0.3, -0.25) is 4.98 Å². The minimum atomic E-state index is -0.584. The molecule has 1 unspecified atom stereocenters. The maximum Gasteiger partial charge on any atom is 0.261 e. The van der Waals surface area contributed by atoms with Gasteiger partial charge in [-0.2, -0.15) is 4.98 Å². The van der Waals surface area contributed by atoms with E-state index in [4.69, 9.17) is 9.26 Å². The van der Waals surface area contributed by atoms with Gasteiger partial charge in [-0.15, -0.1) is 0 Å². The van der Waals surface area contributed by atoms with E-state index in [1.807, 2.05) is 20.8 Å². The lowest BCUT2D eigenvalue weighted by Crippen LogP contribution is -2.26. The third kappa shape index (κ3) is 2.58. The molecule has 6 heteroatoms. The number of aromatic nitrogens is 3. The van der Waals surface area contributed by atoms with Crippen LogP contribution in [-0.4, -0.2) is 26.8 Å². The van der Waals surface area contributed by atoms with Crippen molar-refractivity contribution in [1.29, 1.82) is 0 Å². The molecule has 0 amide bonds. The topological polar surface area (TPSA) is 81.3 Å². The van der Waals surface area contributed by atoms with Crippen LogP contribution >= 0.6 is 0 Å². The number of hydrogen-bond donors (Lipinski definition) is 1. The molecule has 19 heavy (non-hydrogen) atoms. The van der Waals surface area contributed by atoms with Gasteiger partial charge in [-0.1, -0.05) is 12.1 Å². The molecule has 0 aliphatic rings. The van der Waals surface area contributed by atoms with Crippen molar-refractivity contribution in [2.24, 2.45) is 0 Å². The Morgan fingerprint density at radius 1 is 1.42 bits per heavy atom. The first-order valence-corrected chi connectivity index (χ1v) is 6.22. The molecule has 0 saturated heterocycles. The van der Waals surface area contributed by atoms with Crippen molar-refractivity contribution in [1.82, 2.24) is 15.1 Å². The van der Waals surface area contributed by atoms with Crippen LogP contribution in [-0.2, 0) is 10.3 Å². The summed E-state index contributed by atoms with van der Waals surface area (Å²) in [6, 6.07) is 1.62. The highest BCUT2D eigenvalue weighted by Gasteiger charge is 2.31. The smallest absolute Gasteiger partial charge is 0.261 e. The average Bonchev–Trinajstić information content (AvgIpc) is 2.89. The van der Waals surface area contributed by atoms with E-state index in [1.54, 1.807) is 12.3 Å². The van der Waals surface area contributed by atoms with Gasteiger partial charge in [0.25, 0.3) is 5.89 Å². The molecular weight excluding hydrogens is 246 g/mol. The maximum absolute atomic E-state index is 9.72. The summed E-state index contributed by atoms with van der Waals surface area (Å²) in [5.41, 5.74) is -0.122. The molecule has 0 saturated carbocycles. The Labute approximate surface area is 111 Å². The van der Waals surface area contributed by atoms with Gasteiger partial charge in [0, 0.05) is 12.8 Å². The summed E-state index contributed by atoms with van der Waals surface area (Å²) >= 11 is 0. The minimum absolute atomic E-state index is 0.00677. The Balaban J connectivity index is 2.36. The minimum Gasteiger partial charge on any atom is -0.505 e. The molecule has 0 aromatic carbocycles. The van der Waals surface area contributed by atoms with E-state index >= 15 is 0 Å². The lowest BCUT2D eigenvalue weighted by Gasteiger charge is -2.23. The van der Waals surface area contributed by atoms with Gasteiger partial charge in [0.15, 0.2) is 0 Å². The molecule has 0 aliphatic carbocycles. The SMILES string of the molecule is CCOC(C)(CC)c1noc(-c2ccncc2O)n1. The first-order chi connectivity index (χ1) is 9.10. The summed E-state index contributed by atoms with van der Waals surface area (Å²) in [7, 11) is 0. The summed E-state index contributed by atoms with van der Waals surface area (Å²) in [6.07, 6.45) is 3.61. The molecule has 2 rings (SSSR count). The maximum atomic E-state index is 9.72. The second kappa shape index (κ2) is 5.36. The summed E-state index contributed by atoms with van der Waals surface area (Å²) in [6.45, 7) is 6.39. The number of hydrogen-bond acceptors (Lipinski definition) is 6. The molecule has 0 spiro atoms. The predicted molar refractivity (Wildman–Crippen MR) is 68.5 cm³/mol. The fourth-order valence-corrected chi connectivity index (χ4v) is 1.76. The predicted octanol–water partition coefficient (Wildman–Crippen LogP) is 2.50. The summed E-state index contributed by atoms with van der Waals surface area (Å²) in [4.78, 5) is 8.12. The fraction of sp³-hybridized carbons (Fsp3) is 0.462. The fourth-order valence-electron chi connectivity index (χ4n) is 1.76. The van der Waals surface area contributed by atoms with E-state index < -0.39 is 5.60 Å². The number of ether oxygens (including phenoxy) is 1. The largest absolute Gasteiger partial charge is 0.505 e. The van der Waals surface area contributed by atoms with Crippen molar-refractivity contribution >= 4 is 0 Å². The van der Waals surface area contributed by atoms with Crippen LogP contribution < -0.4 is 0 Å². The van der Waals surface area contributed by atoms with Crippen LogP contribution in [0, 0.1) is 0 Å². The third-order valence-electron chi connectivity index (χ3n) is 3.07. The van der Waals surface area contributed by atoms with Crippen molar-refractivity contribution < 1.29 is 14.4 Å². The zero-order valence-electron chi connectivity index (χ0n) is 11.3. The Morgan fingerprint density at radius 3 is 2.84 bits per heavy atom. The van der Waals surface area contributed by atoms with E-state index in [9.17, 15) is 5.11 Å². The first-order valence-electron chi connectivity index (χ1n) is 6.22. The van der Waals surface area contributed by atoms with Gasteiger partial charge in [0.05, 0.1) is 11.8 Å². The van der Waals surface area contributed by atoms with Crippen LogP contribution in [0.5, 0.6) is 5.75 Å². The number of pyridine rings is 1. The zero-order chi connectivity index (χ0) is 13.9. The molecule has 0 radical (unpaired) electrons. The molecule has 6 nitrogen and oxygen atoms in total. The van der Waals surface area contributed by atoms with Gasteiger partial charge in [-0.05, 0) is 26.3 Å². The molecule has 2 aromatic heterocycles. The number of rotatable bonds is 5. The van der Waals surface area contributed by atoms with Crippen molar-refractivity contribution in [2.75, 3.05) is 6.61 Å². The van der Waals surface area contributed by atoms with Crippen LogP contribution in [0.2, 0.25) is 0 Å². The van der Waals surface area contributed by atoms with E-state index in [-0.39, 0.29) is 11.6 Å². The van der Waals surface area contributed by atoms with Crippen LogP contribution in [0.3, 0.4) is 0 Å². The van der Waals surface area contributed by atoms with E-state index in [1.165, 1.54) is 6.20 Å². The normalized spacial score (nSPS) is 14.3. The molecule has 102 valence electrons. The monoisotopic (exact) mass is 263 g/mol. The molecule has 0 aliphatic heterocycles. The first kappa shape index (κ1) is 13.5. The number of nitrogens with zero attached hydrogens (tertiary/aromatic N) is 3. The lowest BCUT2D eigenvalue weighted by molar-refractivity contribution is -0.0403. The molecule has 2 aromatic rings. The highest BCUT2D eigenvalue weighted by Crippen LogP contribution is 2.31. The van der Waals surface area contributed by atoms with Gasteiger partial charge >= 0.3 is 0 Å². The van der Waals surface area contributed by atoms with Crippen molar-refractivity contribution in [3.8, 4) is 17.2 Å². The quantitative estimate of drug-likeness (QED) is 0.892. The third-order valence-corrected chi connectivity index (χ3v) is 3.07. The second-order valence-electron chi connectivity index (χ2n) is 4.33. The number of aromatic hydroxyl groups is 1. The van der Waals surface area contributed by atoms with Crippen molar-refractivity contribution in [2.45, 2.75) is 32.8 Å². The summed E-state index contributed by atoms with van der Waals surface area (Å²) in [5, 5.41) is 13.7. The lowest BCUT2D eigenvalue weighted by atomic mass is 10.0. The van der Waals surface area contributed by atoms with E-state index in [2.05, 4.69) is 15.1 Å². The van der Waals surface area contributed by atoms with Gasteiger partial charge < -0.3 is 14.4 Å². The molecule has 1 atom stereocenters. The Bertz CT molecular complexity index is 556. The molecule has 1 N–H and O–H groups in total. The van der Waals surface area contributed by atoms with E-state index in [0.29, 0.717) is 18.0 Å². The highest BCUT2D eigenvalue weighted by molar-refractivity contribution is 5.60. The van der Waals surface area contributed by atoms with Gasteiger partial charge in [0.1, 0.15) is 11.4 Å². The van der Waals surface area contributed by atoms with Crippen LogP contribution in [0.25, 0.3) is 11.5 Å². The van der Waals surface area contributed by atoms with Crippen molar-refractivity contribution in [3.05, 3.63) is 24.3 Å². The van der Waals surface area contributed by atoms with Gasteiger partial charge in [0.2, 0.25) is 5.82 Å². The summed E-state index contributed by atoms with van der Waals surface area (Å²) < 4.78 is 10.9. The highest BCUT2D eigenvalue weighted by atomic mass is 16.5. The van der Waals surface area contributed by atoms with E-state index in [0.717, 1.165) is 6.42 Å². The molecular formula is C13H17N3O3. The standard InChI is InChI=1S/C13H17N3O3/c1-4-13(3,18-5-2)12-15-11(19-16-12)9-6-7-14-8-10(9)17/h6-8,17H,4-5H2,1-3H3. The molecule has 0 fully saturated rings. The zero-order valence-corrected chi connectivity index (χ0v) is 11.3. The Morgan fingerprint density at radius 2 is 2.21 bits per heavy atom. The summed E-state index contributed by atoms with van der Waals surface area (Å²) in [5.74, 6) is 0.740. The average molecular weight is 263 g/mol. The van der Waals surface area contributed by atoms with Crippen LogP contribution in [0.1, 0.15) is 33.0 Å². The van der Waals surface area contributed by atoms with Crippen LogP contribution in [0.4, 0.5) is 0 Å². The Kier molecular flexibility index (Phi) is 3.80. The van der Waals surface area contributed by atoms with Gasteiger partial charge in [-0.25, -0.2) is 0 Å². The molecule has 0 bridgehead atoms.